The number of benzene rings is 2. The zero-order valence-electron chi connectivity index (χ0n) is 16.9. The number of Topliss-reactive ketones (excluding diaryl/α,β-unsaturated/α-hetero) is 1. The second-order valence-corrected chi connectivity index (χ2v) is 7.27. The summed E-state index contributed by atoms with van der Waals surface area (Å²) in [6.45, 7) is 5.03. The van der Waals surface area contributed by atoms with Gasteiger partial charge in [0.15, 0.2) is 11.5 Å². The van der Waals surface area contributed by atoms with Crippen molar-refractivity contribution in [2.45, 2.75) is 26.7 Å². The standard InChI is InChI=1S/C23H25NO4S/c1-4-27-21-10-9-17(13-22(21)28-5-2)23-24-18(15-29-23)14-19(25)11-16-7-6-8-20(12-16)26-3/h6-10,12-13,15H,4-5,11,14H2,1-3H3. The fraction of sp³-hybridized carbons (Fsp3) is 0.304. The summed E-state index contributed by atoms with van der Waals surface area (Å²) in [5, 5.41) is 2.80. The molecule has 6 heteroatoms. The van der Waals surface area contributed by atoms with Gasteiger partial charge in [-0.15, -0.1) is 11.3 Å². The van der Waals surface area contributed by atoms with Gasteiger partial charge in [-0.3, -0.25) is 4.79 Å². The molecule has 0 amide bonds. The summed E-state index contributed by atoms with van der Waals surface area (Å²) in [6, 6.07) is 13.4. The van der Waals surface area contributed by atoms with E-state index in [0.717, 1.165) is 33.3 Å². The highest BCUT2D eigenvalue weighted by atomic mass is 32.1. The van der Waals surface area contributed by atoms with E-state index in [1.54, 1.807) is 7.11 Å². The molecule has 0 N–H and O–H groups in total. The first-order chi connectivity index (χ1) is 14.1. The lowest BCUT2D eigenvalue weighted by Gasteiger charge is -2.11. The zero-order valence-corrected chi connectivity index (χ0v) is 17.8. The molecule has 1 aromatic heterocycles. The third-order valence-electron chi connectivity index (χ3n) is 4.26. The van der Waals surface area contributed by atoms with Crippen molar-refractivity contribution in [2.24, 2.45) is 0 Å². The van der Waals surface area contributed by atoms with E-state index in [9.17, 15) is 4.79 Å². The number of aromatic nitrogens is 1. The summed E-state index contributed by atoms with van der Waals surface area (Å²) in [4.78, 5) is 17.1. The van der Waals surface area contributed by atoms with Crippen LogP contribution in [0.1, 0.15) is 25.1 Å². The highest BCUT2D eigenvalue weighted by Gasteiger charge is 2.13. The van der Waals surface area contributed by atoms with E-state index in [1.807, 2.05) is 61.7 Å². The van der Waals surface area contributed by atoms with Gasteiger partial charge in [-0.1, -0.05) is 12.1 Å². The van der Waals surface area contributed by atoms with Gasteiger partial charge in [-0.25, -0.2) is 4.98 Å². The normalized spacial score (nSPS) is 10.6. The number of thiazole rings is 1. The van der Waals surface area contributed by atoms with Crippen molar-refractivity contribution in [3.63, 3.8) is 0 Å². The molecule has 3 aromatic rings. The Hall–Kier alpha value is -2.86. The van der Waals surface area contributed by atoms with Gasteiger partial charge in [0, 0.05) is 23.8 Å². The highest BCUT2D eigenvalue weighted by molar-refractivity contribution is 7.13. The number of hydrogen-bond acceptors (Lipinski definition) is 6. The molecule has 0 saturated carbocycles. The number of rotatable bonds is 10. The van der Waals surface area contributed by atoms with Gasteiger partial charge in [-0.05, 0) is 49.7 Å². The van der Waals surface area contributed by atoms with Crippen molar-refractivity contribution < 1.29 is 19.0 Å². The van der Waals surface area contributed by atoms with Crippen LogP contribution in [0.5, 0.6) is 17.2 Å². The Balaban J connectivity index is 1.70. The maximum atomic E-state index is 12.5. The molecule has 0 aliphatic rings. The summed E-state index contributed by atoms with van der Waals surface area (Å²) in [5.74, 6) is 2.31. The minimum absolute atomic E-state index is 0.122. The van der Waals surface area contributed by atoms with E-state index in [4.69, 9.17) is 14.2 Å². The number of ketones is 1. The zero-order chi connectivity index (χ0) is 20.6. The van der Waals surface area contributed by atoms with E-state index in [0.29, 0.717) is 31.8 Å². The lowest BCUT2D eigenvalue weighted by Crippen LogP contribution is -2.07. The van der Waals surface area contributed by atoms with E-state index < -0.39 is 0 Å². The maximum Gasteiger partial charge on any atom is 0.161 e. The van der Waals surface area contributed by atoms with Crippen LogP contribution < -0.4 is 14.2 Å². The predicted octanol–water partition coefficient (Wildman–Crippen LogP) is 4.97. The molecule has 0 bridgehead atoms. The van der Waals surface area contributed by atoms with Crippen molar-refractivity contribution >= 4 is 17.1 Å². The van der Waals surface area contributed by atoms with Crippen LogP contribution in [0.3, 0.4) is 0 Å². The molecule has 152 valence electrons. The van der Waals surface area contributed by atoms with Crippen LogP contribution in [0.2, 0.25) is 0 Å². The van der Waals surface area contributed by atoms with Gasteiger partial charge in [0.2, 0.25) is 0 Å². The monoisotopic (exact) mass is 411 g/mol. The summed E-state index contributed by atoms with van der Waals surface area (Å²) in [6.07, 6.45) is 0.671. The molecular weight excluding hydrogens is 386 g/mol. The molecule has 0 fully saturated rings. The number of nitrogens with zero attached hydrogens (tertiary/aromatic N) is 1. The van der Waals surface area contributed by atoms with E-state index in [1.165, 1.54) is 11.3 Å². The molecule has 0 atom stereocenters. The van der Waals surface area contributed by atoms with Crippen LogP contribution in [0.25, 0.3) is 10.6 Å². The van der Waals surface area contributed by atoms with Crippen LogP contribution in [-0.4, -0.2) is 31.1 Å². The van der Waals surface area contributed by atoms with Gasteiger partial charge in [-0.2, -0.15) is 0 Å². The van der Waals surface area contributed by atoms with Crippen molar-refractivity contribution in [2.75, 3.05) is 20.3 Å². The Morgan fingerprint density at radius 3 is 2.55 bits per heavy atom. The van der Waals surface area contributed by atoms with Gasteiger partial charge in [0.05, 0.1) is 26.0 Å². The fourth-order valence-corrected chi connectivity index (χ4v) is 3.80. The third-order valence-corrected chi connectivity index (χ3v) is 5.20. The molecule has 0 spiro atoms. The molecular formula is C23H25NO4S. The van der Waals surface area contributed by atoms with Crippen LogP contribution in [0.15, 0.2) is 47.8 Å². The maximum absolute atomic E-state index is 12.5. The molecule has 5 nitrogen and oxygen atoms in total. The summed E-state index contributed by atoms with van der Waals surface area (Å²) in [7, 11) is 1.62. The smallest absolute Gasteiger partial charge is 0.161 e. The van der Waals surface area contributed by atoms with Gasteiger partial charge in [0.1, 0.15) is 16.5 Å². The first kappa shape index (κ1) is 20.9. The SMILES string of the molecule is CCOc1ccc(-c2nc(CC(=O)Cc3cccc(OC)c3)cs2)cc1OCC. The fourth-order valence-electron chi connectivity index (χ4n) is 2.98. The molecule has 0 radical (unpaired) electrons. The molecule has 3 rings (SSSR count). The van der Waals surface area contributed by atoms with E-state index in [-0.39, 0.29) is 5.78 Å². The minimum Gasteiger partial charge on any atom is -0.497 e. The Labute approximate surface area is 175 Å². The molecule has 1 heterocycles. The summed E-state index contributed by atoms with van der Waals surface area (Å²) < 4.78 is 16.5. The van der Waals surface area contributed by atoms with Crippen molar-refractivity contribution in [3.8, 4) is 27.8 Å². The first-order valence-electron chi connectivity index (χ1n) is 9.62. The summed E-state index contributed by atoms with van der Waals surface area (Å²) >= 11 is 1.52. The minimum atomic E-state index is 0.122. The predicted molar refractivity (Wildman–Crippen MR) is 115 cm³/mol. The average Bonchev–Trinajstić information content (AvgIpc) is 3.18. The topological polar surface area (TPSA) is 57.7 Å². The molecule has 0 saturated heterocycles. The Kier molecular flexibility index (Phi) is 7.25. The lowest BCUT2D eigenvalue weighted by molar-refractivity contribution is -0.117. The second-order valence-electron chi connectivity index (χ2n) is 6.42. The molecule has 2 aromatic carbocycles. The molecule has 29 heavy (non-hydrogen) atoms. The largest absolute Gasteiger partial charge is 0.497 e. The molecule has 0 aliphatic carbocycles. The van der Waals surface area contributed by atoms with Crippen LogP contribution in [0.4, 0.5) is 0 Å². The average molecular weight is 412 g/mol. The van der Waals surface area contributed by atoms with Gasteiger partial charge < -0.3 is 14.2 Å². The van der Waals surface area contributed by atoms with Crippen LogP contribution in [0, 0.1) is 0 Å². The molecule has 0 unspecified atom stereocenters. The Morgan fingerprint density at radius 2 is 1.79 bits per heavy atom. The third kappa shape index (κ3) is 5.57. The Bertz CT molecular complexity index is 967. The van der Waals surface area contributed by atoms with E-state index in [2.05, 4.69) is 4.98 Å². The van der Waals surface area contributed by atoms with Crippen molar-refractivity contribution in [3.05, 3.63) is 59.1 Å². The van der Waals surface area contributed by atoms with Crippen molar-refractivity contribution in [1.82, 2.24) is 4.98 Å². The lowest BCUT2D eigenvalue weighted by atomic mass is 10.1. The number of carbonyl (C=O) groups excluding carboxylic acids is 1. The van der Waals surface area contributed by atoms with Crippen LogP contribution in [-0.2, 0) is 17.6 Å². The van der Waals surface area contributed by atoms with E-state index >= 15 is 0 Å². The number of carbonyl (C=O) groups is 1. The molecule has 0 aliphatic heterocycles. The van der Waals surface area contributed by atoms with Crippen LogP contribution >= 0.6 is 11.3 Å². The second kappa shape index (κ2) is 10.1. The summed E-state index contributed by atoms with van der Waals surface area (Å²) in [5.41, 5.74) is 2.68. The van der Waals surface area contributed by atoms with Gasteiger partial charge >= 0.3 is 0 Å². The highest BCUT2D eigenvalue weighted by Crippen LogP contribution is 2.34. The quantitative estimate of drug-likeness (QED) is 0.471. The number of ether oxygens (including phenoxy) is 3. The van der Waals surface area contributed by atoms with Gasteiger partial charge in [0.25, 0.3) is 0 Å². The first-order valence-corrected chi connectivity index (χ1v) is 10.5. The Morgan fingerprint density at radius 1 is 1.00 bits per heavy atom. The number of hydrogen-bond donors (Lipinski definition) is 0. The van der Waals surface area contributed by atoms with Crippen molar-refractivity contribution in [1.29, 1.82) is 0 Å². The number of methoxy groups -OCH3 is 1.